The van der Waals surface area contributed by atoms with Crippen molar-refractivity contribution < 1.29 is 4.79 Å². The van der Waals surface area contributed by atoms with E-state index in [1.807, 2.05) is 24.3 Å². The third-order valence-corrected chi connectivity index (χ3v) is 4.04. The molecule has 0 aliphatic carbocycles. The Balaban J connectivity index is 1.77. The van der Waals surface area contributed by atoms with Gasteiger partial charge < -0.3 is 15.2 Å². The van der Waals surface area contributed by atoms with Gasteiger partial charge in [-0.2, -0.15) is 0 Å². The van der Waals surface area contributed by atoms with Crippen LogP contribution in [0.15, 0.2) is 29.1 Å². The van der Waals surface area contributed by atoms with E-state index in [9.17, 15) is 9.59 Å². The summed E-state index contributed by atoms with van der Waals surface area (Å²) in [5, 5.41) is 2.76. The van der Waals surface area contributed by atoms with Gasteiger partial charge in [-0.1, -0.05) is 0 Å². The predicted octanol–water partition coefficient (Wildman–Crippen LogP) is 2.24. The molecule has 1 aliphatic heterocycles. The molecule has 1 saturated heterocycles. The number of aryl methyl sites for hydroxylation is 2. The molecule has 1 aromatic carbocycles. The van der Waals surface area contributed by atoms with E-state index in [2.05, 4.69) is 20.2 Å². The lowest BCUT2D eigenvalue weighted by molar-refractivity contribution is 0.102. The number of nitrogens with one attached hydrogen (secondary N) is 2. The van der Waals surface area contributed by atoms with Crippen molar-refractivity contribution in [2.45, 2.75) is 26.7 Å². The van der Waals surface area contributed by atoms with Gasteiger partial charge in [-0.25, -0.2) is 4.98 Å². The Morgan fingerprint density at radius 2 is 1.83 bits per heavy atom. The van der Waals surface area contributed by atoms with Gasteiger partial charge in [0.1, 0.15) is 11.4 Å². The van der Waals surface area contributed by atoms with Crippen LogP contribution in [0.3, 0.4) is 0 Å². The average molecular weight is 312 g/mol. The molecule has 120 valence electrons. The van der Waals surface area contributed by atoms with Crippen LogP contribution in [0.2, 0.25) is 0 Å². The summed E-state index contributed by atoms with van der Waals surface area (Å²) in [6.07, 6.45) is 2.45. The molecule has 6 heteroatoms. The monoisotopic (exact) mass is 312 g/mol. The van der Waals surface area contributed by atoms with Gasteiger partial charge in [0, 0.05) is 24.5 Å². The SMILES string of the molecule is Cc1nc(C)c(C(=O)Nc2ccc(N3CCCC3)cc2)c(=O)[nH]1. The molecule has 2 heterocycles. The number of amides is 1. The second-order valence-electron chi connectivity index (χ2n) is 5.81. The molecule has 0 saturated carbocycles. The number of anilines is 2. The van der Waals surface area contributed by atoms with Crippen LogP contribution in [-0.2, 0) is 0 Å². The van der Waals surface area contributed by atoms with Crippen molar-refractivity contribution >= 4 is 17.3 Å². The number of hydrogen-bond donors (Lipinski definition) is 2. The minimum atomic E-state index is -0.440. The molecular formula is C17H20N4O2. The van der Waals surface area contributed by atoms with E-state index in [-0.39, 0.29) is 5.56 Å². The third-order valence-electron chi connectivity index (χ3n) is 4.04. The molecule has 0 bridgehead atoms. The summed E-state index contributed by atoms with van der Waals surface area (Å²) in [7, 11) is 0. The Kier molecular flexibility index (Phi) is 4.14. The molecule has 0 atom stereocenters. The van der Waals surface area contributed by atoms with E-state index in [1.165, 1.54) is 12.8 Å². The Bertz CT molecular complexity index is 774. The first-order valence-electron chi connectivity index (χ1n) is 7.78. The predicted molar refractivity (Wildman–Crippen MR) is 90.2 cm³/mol. The van der Waals surface area contributed by atoms with E-state index < -0.39 is 11.5 Å². The second-order valence-corrected chi connectivity index (χ2v) is 5.81. The van der Waals surface area contributed by atoms with Crippen LogP contribution in [0.5, 0.6) is 0 Å². The summed E-state index contributed by atoms with van der Waals surface area (Å²) in [6.45, 7) is 5.51. The van der Waals surface area contributed by atoms with E-state index in [0.717, 1.165) is 18.8 Å². The maximum absolute atomic E-state index is 12.3. The van der Waals surface area contributed by atoms with Crippen molar-refractivity contribution in [3.63, 3.8) is 0 Å². The highest BCUT2D eigenvalue weighted by molar-refractivity contribution is 6.04. The third kappa shape index (κ3) is 3.26. The zero-order chi connectivity index (χ0) is 16.4. The molecule has 1 fully saturated rings. The van der Waals surface area contributed by atoms with Gasteiger partial charge in [0.15, 0.2) is 0 Å². The normalized spacial score (nSPS) is 14.1. The number of benzene rings is 1. The fourth-order valence-electron chi connectivity index (χ4n) is 2.92. The van der Waals surface area contributed by atoms with Gasteiger partial charge in [0.2, 0.25) is 0 Å². The topological polar surface area (TPSA) is 78.1 Å². The zero-order valence-electron chi connectivity index (χ0n) is 13.3. The van der Waals surface area contributed by atoms with Gasteiger partial charge in [0.05, 0.1) is 5.69 Å². The minimum absolute atomic E-state index is 0.0548. The Morgan fingerprint density at radius 3 is 2.43 bits per heavy atom. The quantitative estimate of drug-likeness (QED) is 0.911. The first-order valence-corrected chi connectivity index (χ1v) is 7.78. The number of hydrogen-bond acceptors (Lipinski definition) is 4. The molecule has 2 N–H and O–H groups in total. The summed E-state index contributed by atoms with van der Waals surface area (Å²) in [5.74, 6) is 0.0594. The molecule has 2 aromatic rings. The molecule has 0 unspecified atom stereocenters. The van der Waals surface area contributed by atoms with Gasteiger partial charge in [-0.3, -0.25) is 9.59 Å². The van der Waals surface area contributed by atoms with Crippen LogP contribution in [0.25, 0.3) is 0 Å². The first kappa shape index (κ1) is 15.3. The lowest BCUT2D eigenvalue weighted by Crippen LogP contribution is -2.26. The van der Waals surface area contributed by atoms with Crippen molar-refractivity contribution in [1.29, 1.82) is 0 Å². The van der Waals surface area contributed by atoms with Gasteiger partial charge in [-0.05, 0) is 51.0 Å². The van der Waals surface area contributed by atoms with E-state index in [1.54, 1.807) is 13.8 Å². The van der Waals surface area contributed by atoms with Crippen LogP contribution in [-0.4, -0.2) is 29.0 Å². The second kappa shape index (κ2) is 6.24. The zero-order valence-corrected chi connectivity index (χ0v) is 13.3. The minimum Gasteiger partial charge on any atom is -0.372 e. The van der Waals surface area contributed by atoms with Crippen LogP contribution in [0.1, 0.15) is 34.7 Å². The van der Waals surface area contributed by atoms with Gasteiger partial charge >= 0.3 is 0 Å². The van der Waals surface area contributed by atoms with Crippen LogP contribution < -0.4 is 15.8 Å². The molecule has 1 aromatic heterocycles. The molecular weight excluding hydrogens is 292 g/mol. The van der Waals surface area contributed by atoms with Gasteiger partial charge in [0.25, 0.3) is 11.5 Å². The number of nitrogens with zero attached hydrogens (tertiary/aromatic N) is 2. The number of aromatic amines is 1. The fourth-order valence-corrected chi connectivity index (χ4v) is 2.92. The standard InChI is InChI=1S/C17H20N4O2/c1-11-15(16(22)19-12(2)18-11)17(23)20-13-5-7-14(8-6-13)21-9-3-4-10-21/h5-8H,3-4,9-10H2,1-2H3,(H,20,23)(H,18,19,22). The van der Waals surface area contributed by atoms with Crippen molar-refractivity contribution in [1.82, 2.24) is 9.97 Å². The van der Waals surface area contributed by atoms with E-state index >= 15 is 0 Å². The van der Waals surface area contributed by atoms with Crippen LogP contribution in [0.4, 0.5) is 11.4 Å². The Hall–Kier alpha value is -2.63. The van der Waals surface area contributed by atoms with Gasteiger partial charge in [-0.15, -0.1) is 0 Å². The van der Waals surface area contributed by atoms with E-state index in [0.29, 0.717) is 17.2 Å². The molecule has 0 radical (unpaired) electrons. The van der Waals surface area contributed by atoms with Crippen molar-refractivity contribution in [2.75, 3.05) is 23.3 Å². The highest BCUT2D eigenvalue weighted by Crippen LogP contribution is 2.22. The summed E-state index contributed by atoms with van der Waals surface area (Å²) in [4.78, 5) is 33.3. The Labute approximate surface area is 134 Å². The number of aromatic nitrogens is 2. The summed E-state index contributed by atoms with van der Waals surface area (Å²) >= 11 is 0. The molecule has 6 nitrogen and oxygen atoms in total. The number of rotatable bonds is 3. The maximum Gasteiger partial charge on any atom is 0.264 e. The fraction of sp³-hybridized carbons (Fsp3) is 0.353. The number of carbonyl (C=O) groups is 1. The van der Waals surface area contributed by atoms with Crippen molar-refractivity contribution in [3.8, 4) is 0 Å². The molecule has 1 aliphatic rings. The van der Waals surface area contributed by atoms with E-state index in [4.69, 9.17) is 0 Å². The Morgan fingerprint density at radius 1 is 1.17 bits per heavy atom. The maximum atomic E-state index is 12.3. The van der Waals surface area contributed by atoms with Crippen LogP contribution in [0, 0.1) is 13.8 Å². The highest BCUT2D eigenvalue weighted by atomic mass is 16.2. The lowest BCUT2D eigenvalue weighted by atomic mass is 10.2. The molecule has 0 spiro atoms. The summed E-state index contributed by atoms with van der Waals surface area (Å²) in [5.41, 5.74) is 1.89. The van der Waals surface area contributed by atoms with Crippen molar-refractivity contribution in [2.24, 2.45) is 0 Å². The number of H-pyrrole nitrogens is 1. The number of carbonyl (C=O) groups excluding carboxylic acids is 1. The highest BCUT2D eigenvalue weighted by Gasteiger charge is 2.16. The largest absolute Gasteiger partial charge is 0.372 e. The molecule has 1 amide bonds. The summed E-state index contributed by atoms with van der Waals surface area (Å²) in [6, 6.07) is 7.70. The smallest absolute Gasteiger partial charge is 0.264 e. The first-order chi connectivity index (χ1) is 11.0. The molecule has 3 rings (SSSR count). The molecule has 23 heavy (non-hydrogen) atoms. The van der Waals surface area contributed by atoms with Crippen LogP contribution >= 0.6 is 0 Å². The average Bonchev–Trinajstić information content (AvgIpc) is 3.01. The van der Waals surface area contributed by atoms with Crippen molar-refractivity contribution in [3.05, 3.63) is 51.7 Å². The summed E-state index contributed by atoms with van der Waals surface area (Å²) < 4.78 is 0. The lowest BCUT2D eigenvalue weighted by Gasteiger charge is -2.17.